The summed E-state index contributed by atoms with van der Waals surface area (Å²) >= 11 is 3.31. The van der Waals surface area contributed by atoms with Crippen molar-refractivity contribution in [3.05, 3.63) is 81.0 Å². The number of aromatic nitrogens is 1. The molecule has 2 heterocycles. The number of amides is 1. The SMILES string of the molecule is O=C(COc1ccc(F)cc1-c1ccno1)N/N=C/c1coc2ccc(Br)cc2c1=O. The van der Waals surface area contributed by atoms with Crippen LogP contribution in [0.15, 0.2) is 78.2 Å². The van der Waals surface area contributed by atoms with E-state index in [9.17, 15) is 14.0 Å². The number of ether oxygens (including phenoxy) is 1. The van der Waals surface area contributed by atoms with E-state index in [1.807, 2.05) is 0 Å². The number of carbonyl (C=O) groups excluding carboxylic acids is 1. The number of benzene rings is 2. The molecule has 0 saturated heterocycles. The summed E-state index contributed by atoms with van der Waals surface area (Å²) in [4.78, 5) is 24.5. The van der Waals surface area contributed by atoms with Gasteiger partial charge in [0.05, 0.1) is 28.9 Å². The molecule has 4 rings (SSSR count). The van der Waals surface area contributed by atoms with Crippen LogP contribution in [0.25, 0.3) is 22.3 Å². The second-order valence-corrected chi connectivity index (χ2v) is 7.18. The summed E-state index contributed by atoms with van der Waals surface area (Å²) in [6.45, 7) is -0.399. The highest BCUT2D eigenvalue weighted by molar-refractivity contribution is 9.10. The Morgan fingerprint density at radius 1 is 1.26 bits per heavy atom. The maximum atomic E-state index is 13.6. The van der Waals surface area contributed by atoms with E-state index in [4.69, 9.17) is 13.7 Å². The lowest BCUT2D eigenvalue weighted by Gasteiger charge is -2.09. The van der Waals surface area contributed by atoms with Crippen molar-refractivity contribution >= 4 is 39.0 Å². The molecule has 2 aromatic carbocycles. The molecule has 0 bridgehead atoms. The summed E-state index contributed by atoms with van der Waals surface area (Å²) in [6, 6.07) is 10.4. The van der Waals surface area contributed by atoms with Gasteiger partial charge in [-0.25, -0.2) is 9.82 Å². The minimum atomic E-state index is -0.586. The van der Waals surface area contributed by atoms with Crippen molar-refractivity contribution in [3.63, 3.8) is 0 Å². The lowest BCUT2D eigenvalue weighted by molar-refractivity contribution is -0.123. The van der Waals surface area contributed by atoms with Crippen molar-refractivity contribution in [2.45, 2.75) is 0 Å². The molecule has 156 valence electrons. The Hall–Kier alpha value is -3.79. The fourth-order valence-electron chi connectivity index (χ4n) is 2.73. The summed E-state index contributed by atoms with van der Waals surface area (Å²) in [6.07, 6.45) is 3.85. The molecule has 0 saturated carbocycles. The van der Waals surface area contributed by atoms with Crippen LogP contribution in [-0.2, 0) is 4.79 Å². The second-order valence-electron chi connectivity index (χ2n) is 6.26. The first-order valence-electron chi connectivity index (χ1n) is 8.87. The maximum Gasteiger partial charge on any atom is 0.277 e. The standard InChI is InChI=1S/C21H13BrFN3O5/c22-13-1-3-18-16(7-13)21(28)12(10-29-18)9-24-26-20(27)11-30-17-4-2-14(23)8-15(17)19-5-6-25-31-19/h1-10H,11H2,(H,26,27)/b24-9+. The molecule has 0 fully saturated rings. The molecule has 0 spiro atoms. The normalized spacial score (nSPS) is 11.2. The van der Waals surface area contributed by atoms with Gasteiger partial charge in [0.15, 0.2) is 12.4 Å². The maximum absolute atomic E-state index is 13.6. The van der Waals surface area contributed by atoms with Crippen molar-refractivity contribution in [1.82, 2.24) is 10.6 Å². The molecule has 1 amide bonds. The summed E-state index contributed by atoms with van der Waals surface area (Å²) < 4.78 is 30.2. The third kappa shape index (κ3) is 4.69. The third-order valence-corrected chi connectivity index (χ3v) is 4.65. The molecule has 8 nitrogen and oxygen atoms in total. The molecule has 2 aromatic heterocycles. The van der Waals surface area contributed by atoms with Gasteiger partial charge in [0.25, 0.3) is 5.91 Å². The van der Waals surface area contributed by atoms with E-state index in [2.05, 4.69) is 31.6 Å². The average Bonchev–Trinajstić information content (AvgIpc) is 3.29. The van der Waals surface area contributed by atoms with Crippen LogP contribution in [0.4, 0.5) is 4.39 Å². The molecule has 0 aliphatic rings. The summed E-state index contributed by atoms with van der Waals surface area (Å²) in [5.41, 5.74) is 2.88. The van der Waals surface area contributed by atoms with Crippen LogP contribution >= 0.6 is 15.9 Å². The highest BCUT2D eigenvalue weighted by Gasteiger charge is 2.13. The fourth-order valence-corrected chi connectivity index (χ4v) is 3.09. The number of fused-ring (bicyclic) bond motifs is 1. The minimum Gasteiger partial charge on any atom is -0.483 e. The Morgan fingerprint density at radius 2 is 2.13 bits per heavy atom. The van der Waals surface area contributed by atoms with E-state index in [-0.39, 0.29) is 16.7 Å². The molecule has 31 heavy (non-hydrogen) atoms. The summed E-state index contributed by atoms with van der Waals surface area (Å²) in [5, 5.41) is 7.72. The topological polar surface area (TPSA) is 107 Å². The predicted molar refractivity (Wildman–Crippen MR) is 113 cm³/mol. The quantitative estimate of drug-likeness (QED) is 0.328. The lowest BCUT2D eigenvalue weighted by atomic mass is 10.1. The molecule has 0 aliphatic heterocycles. The zero-order valence-electron chi connectivity index (χ0n) is 15.7. The number of nitrogens with zero attached hydrogens (tertiary/aromatic N) is 2. The van der Waals surface area contributed by atoms with Gasteiger partial charge in [-0.15, -0.1) is 0 Å². The van der Waals surface area contributed by atoms with Crippen molar-refractivity contribution in [1.29, 1.82) is 0 Å². The molecule has 4 aromatic rings. The molecule has 10 heteroatoms. The Bertz CT molecular complexity index is 1330. The highest BCUT2D eigenvalue weighted by atomic mass is 79.9. The lowest BCUT2D eigenvalue weighted by Crippen LogP contribution is -2.25. The molecular weight excluding hydrogens is 473 g/mol. The first kappa shape index (κ1) is 20.5. The molecule has 0 atom stereocenters. The van der Waals surface area contributed by atoms with Gasteiger partial charge in [0.2, 0.25) is 5.43 Å². The van der Waals surface area contributed by atoms with E-state index in [1.54, 1.807) is 24.3 Å². The zero-order valence-corrected chi connectivity index (χ0v) is 17.3. The predicted octanol–water partition coefficient (Wildman–Crippen LogP) is 3.88. The molecule has 0 unspecified atom stereocenters. The van der Waals surface area contributed by atoms with Gasteiger partial charge in [-0.1, -0.05) is 21.1 Å². The van der Waals surface area contributed by atoms with Crippen LogP contribution < -0.4 is 15.6 Å². The monoisotopic (exact) mass is 485 g/mol. The number of hydrazone groups is 1. The smallest absolute Gasteiger partial charge is 0.277 e. The van der Waals surface area contributed by atoms with E-state index >= 15 is 0 Å². The van der Waals surface area contributed by atoms with Crippen molar-refractivity contribution in [2.24, 2.45) is 5.10 Å². The van der Waals surface area contributed by atoms with E-state index < -0.39 is 18.3 Å². The fraction of sp³-hybridized carbons (Fsp3) is 0.0476. The Kier molecular flexibility index (Phi) is 5.89. The Balaban J connectivity index is 1.42. The van der Waals surface area contributed by atoms with E-state index in [0.717, 1.165) is 4.47 Å². The van der Waals surface area contributed by atoms with Gasteiger partial charge >= 0.3 is 0 Å². The van der Waals surface area contributed by atoms with Crippen LogP contribution in [0.2, 0.25) is 0 Å². The Morgan fingerprint density at radius 3 is 2.94 bits per heavy atom. The number of rotatable bonds is 6. The average molecular weight is 486 g/mol. The molecule has 0 aliphatic carbocycles. The van der Waals surface area contributed by atoms with Crippen LogP contribution in [0.5, 0.6) is 5.75 Å². The van der Waals surface area contributed by atoms with Crippen LogP contribution in [0.1, 0.15) is 5.56 Å². The largest absolute Gasteiger partial charge is 0.483 e. The first-order valence-corrected chi connectivity index (χ1v) is 9.67. The van der Waals surface area contributed by atoms with E-state index in [0.29, 0.717) is 22.3 Å². The number of halogens is 2. The zero-order chi connectivity index (χ0) is 21.8. The van der Waals surface area contributed by atoms with Gasteiger partial charge in [-0.2, -0.15) is 5.10 Å². The third-order valence-electron chi connectivity index (χ3n) is 4.16. The van der Waals surface area contributed by atoms with Crippen molar-refractivity contribution < 1.29 is 22.9 Å². The number of nitrogens with one attached hydrogen (secondary N) is 1. The van der Waals surface area contributed by atoms with Crippen molar-refractivity contribution in [2.75, 3.05) is 6.61 Å². The summed E-state index contributed by atoms with van der Waals surface area (Å²) in [7, 11) is 0. The van der Waals surface area contributed by atoms with Crippen LogP contribution in [0, 0.1) is 5.82 Å². The summed E-state index contributed by atoms with van der Waals surface area (Å²) in [5.74, 6) is -0.549. The number of hydrogen-bond donors (Lipinski definition) is 1. The van der Waals surface area contributed by atoms with E-state index in [1.165, 1.54) is 36.9 Å². The van der Waals surface area contributed by atoms with Gasteiger partial charge < -0.3 is 13.7 Å². The second kappa shape index (κ2) is 8.92. The molecular formula is C21H13BrFN3O5. The molecule has 1 N–H and O–H groups in total. The Labute approximate surface area is 182 Å². The number of hydrogen-bond acceptors (Lipinski definition) is 7. The number of carbonyl (C=O) groups is 1. The minimum absolute atomic E-state index is 0.165. The van der Waals surface area contributed by atoms with Gasteiger partial charge in [-0.3, -0.25) is 9.59 Å². The van der Waals surface area contributed by atoms with Crippen molar-refractivity contribution in [3.8, 4) is 17.1 Å². The highest BCUT2D eigenvalue weighted by Crippen LogP contribution is 2.30. The van der Waals surface area contributed by atoms with Crippen LogP contribution in [0.3, 0.4) is 0 Å². The van der Waals surface area contributed by atoms with Gasteiger partial charge in [-0.05, 0) is 36.4 Å². The van der Waals surface area contributed by atoms with Gasteiger partial charge in [0, 0.05) is 10.5 Å². The molecule has 0 radical (unpaired) electrons. The van der Waals surface area contributed by atoms with Crippen LogP contribution in [-0.4, -0.2) is 23.9 Å². The van der Waals surface area contributed by atoms with Gasteiger partial charge in [0.1, 0.15) is 23.4 Å². The first-order chi connectivity index (χ1) is 15.0.